The van der Waals surface area contributed by atoms with Gasteiger partial charge in [-0.1, -0.05) is 6.92 Å². The summed E-state index contributed by atoms with van der Waals surface area (Å²) in [4.78, 5) is 4.36. The molecule has 0 aromatic carbocycles. The quantitative estimate of drug-likeness (QED) is 0.851. The molecule has 2 aromatic heterocycles. The molecule has 6 nitrogen and oxygen atoms in total. The van der Waals surface area contributed by atoms with Crippen LogP contribution in [-0.2, 0) is 23.6 Å². The summed E-state index contributed by atoms with van der Waals surface area (Å²) >= 11 is 1.28. The summed E-state index contributed by atoms with van der Waals surface area (Å²) in [5.41, 5.74) is 1.72. The Balaban J connectivity index is 2.21. The zero-order valence-corrected chi connectivity index (χ0v) is 13.3. The number of sulfonamides is 1. The average Bonchev–Trinajstić information content (AvgIpc) is 2.93. The molecule has 0 fully saturated rings. The first-order valence-corrected chi connectivity index (χ1v) is 8.59. The van der Waals surface area contributed by atoms with Crippen molar-refractivity contribution >= 4 is 26.5 Å². The van der Waals surface area contributed by atoms with E-state index in [4.69, 9.17) is 0 Å². The third kappa shape index (κ3) is 3.38. The van der Waals surface area contributed by atoms with Gasteiger partial charge in [0.25, 0.3) is 10.0 Å². The van der Waals surface area contributed by atoms with Crippen LogP contribution in [0, 0.1) is 6.92 Å². The van der Waals surface area contributed by atoms with E-state index in [-0.39, 0.29) is 4.90 Å². The van der Waals surface area contributed by atoms with Crippen molar-refractivity contribution < 1.29 is 8.42 Å². The Labute approximate surface area is 122 Å². The van der Waals surface area contributed by atoms with Gasteiger partial charge in [-0.3, -0.25) is 4.72 Å². The van der Waals surface area contributed by atoms with Crippen LogP contribution < -0.4 is 10.0 Å². The summed E-state index contributed by atoms with van der Waals surface area (Å²) in [5, 5.41) is 5.37. The predicted octanol–water partition coefficient (Wildman–Crippen LogP) is 1.70. The molecular formula is C12H18N4O2S2. The number of nitrogens with one attached hydrogen (secondary N) is 2. The van der Waals surface area contributed by atoms with Crippen molar-refractivity contribution in [3.05, 3.63) is 29.0 Å². The second kappa shape index (κ2) is 5.94. The maximum absolute atomic E-state index is 12.3. The molecule has 0 unspecified atom stereocenters. The van der Waals surface area contributed by atoms with Crippen molar-refractivity contribution in [3.8, 4) is 0 Å². The molecule has 0 spiro atoms. The Bertz CT molecular complexity index is 688. The third-order valence-electron chi connectivity index (χ3n) is 2.79. The zero-order chi connectivity index (χ0) is 14.8. The highest BCUT2D eigenvalue weighted by atomic mass is 32.2. The first-order chi connectivity index (χ1) is 9.42. The van der Waals surface area contributed by atoms with Crippen molar-refractivity contribution in [2.45, 2.75) is 25.3 Å². The fourth-order valence-corrected chi connectivity index (χ4v) is 3.76. The van der Waals surface area contributed by atoms with Gasteiger partial charge in [-0.05, 0) is 19.5 Å². The van der Waals surface area contributed by atoms with Crippen molar-refractivity contribution in [1.29, 1.82) is 0 Å². The van der Waals surface area contributed by atoms with Gasteiger partial charge < -0.3 is 9.88 Å². The van der Waals surface area contributed by atoms with Crippen LogP contribution in [0.2, 0.25) is 0 Å². The van der Waals surface area contributed by atoms with E-state index in [9.17, 15) is 8.42 Å². The molecule has 0 amide bonds. The molecule has 0 radical (unpaired) electrons. The number of rotatable bonds is 6. The minimum absolute atomic E-state index is 0.251. The van der Waals surface area contributed by atoms with Crippen LogP contribution >= 0.6 is 11.3 Å². The summed E-state index contributed by atoms with van der Waals surface area (Å²) in [7, 11) is -1.74. The Hall–Kier alpha value is -1.38. The van der Waals surface area contributed by atoms with E-state index in [1.165, 1.54) is 11.3 Å². The summed E-state index contributed by atoms with van der Waals surface area (Å²) in [6.07, 6.45) is 1.61. The lowest BCUT2D eigenvalue weighted by Crippen LogP contribution is -2.14. The topological polar surface area (TPSA) is 76.0 Å². The van der Waals surface area contributed by atoms with E-state index in [1.807, 2.05) is 25.5 Å². The number of nitrogens with zero attached hydrogens (tertiary/aromatic N) is 2. The first kappa shape index (κ1) is 15.0. The first-order valence-electron chi connectivity index (χ1n) is 6.23. The van der Waals surface area contributed by atoms with E-state index in [0.717, 1.165) is 17.9 Å². The summed E-state index contributed by atoms with van der Waals surface area (Å²) in [6, 6.07) is 1.67. The SMILES string of the molecule is CCNCc1cc(S(=O)(=O)Nc2nc(C)cs2)cn1C. The average molecular weight is 314 g/mol. The molecule has 2 heterocycles. The van der Waals surface area contributed by atoms with E-state index >= 15 is 0 Å². The van der Waals surface area contributed by atoms with Crippen molar-refractivity contribution in [3.63, 3.8) is 0 Å². The van der Waals surface area contributed by atoms with E-state index in [2.05, 4.69) is 15.0 Å². The molecule has 0 bridgehead atoms. The van der Waals surface area contributed by atoms with Crippen LogP contribution in [0.15, 0.2) is 22.5 Å². The molecule has 2 aromatic rings. The van der Waals surface area contributed by atoms with Crippen LogP contribution in [0.1, 0.15) is 18.3 Å². The molecule has 0 aliphatic carbocycles. The van der Waals surface area contributed by atoms with Gasteiger partial charge in [-0.2, -0.15) is 0 Å². The van der Waals surface area contributed by atoms with Crippen molar-refractivity contribution in [1.82, 2.24) is 14.9 Å². The fraction of sp³-hybridized carbons (Fsp3) is 0.417. The van der Waals surface area contributed by atoms with Crippen LogP contribution in [0.25, 0.3) is 0 Å². The molecule has 0 saturated heterocycles. The van der Waals surface area contributed by atoms with E-state index in [0.29, 0.717) is 11.7 Å². The van der Waals surface area contributed by atoms with Crippen molar-refractivity contribution in [2.24, 2.45) is 7.05 Å². The number of aromatic nitrogens is 2. The van der Waals surface area contributed by atoms with Gasteiger partial charge in [0.1, 0.15) is 4.90 Å². The second-order valence-electron chi connectivity index (χ2n) is 4.46. The highest BCUT2D eigenvalue weighted by Crippen LogP contribution is 2.21. The second-order valence-corrected chi connectivity index (χ2v) is 7.00. The lowest BCUT2D eigenvalue weighted by atomic mass is 10.4. The Morgan fingerprint density at radius 3 is 2.80 bits per heavy atom. The Morgan fingerprint density at radius 1 is 1.45 bits per heavy atom. The van der Waals surface area contributed by atoms with Gasteiger partial charge in [0.15, 0.2) is 5.13 Å². The van der Waals surface area contributed by atoms with E-state index < -0.39 is 10.0 Å². The lowest BCUT2D eigenvalue weighted by molar-refractivity contribution is 0.601. The minimum Gasteiger partial charge on any atom is -0.352 e. The molecule has 2 rings (SSSR count). The maximum Gasteiger partial charge on any atom is 0.265 e. The molecule has 0 atom stereocenters. The fourth-order valence-electron chi connectivity index (χ4n) is 1.73. The Kier molecular flexibility index (Phi) is 4.46. The Morgan fingerprint density at radius 2 is 2.20 bits per heavy atom. The highest BCUT2D eigenvalue weighted by Gasteiger charge is 2.18. The molecule has 20 heavy (non-hydrogen) atoms. The van der Waals surface area contributed by atoms with Crippen molar-refractivity contribution in [2.75, 3.05) is 11.3 Å². The van der Waals surface area contributed by atoms with Gasteiger partial charge >= 0.3 is 0 Å². The minimum atomic E-state index is -3.58. The predicted molar refractivity (Wildman–Crippen MR) is 80.5 cm³/mol. The normalized spacial score (nSPS) is 11.8. The van der Waals surface area contributed by atoms with Gasteiger partial charge in [-0.15, -0.1) is 11.3 Å². The zero-order valence-electron chi connectivity index (χ0n) is 11.7. The number of anilines is 1. The molecule has 0 aliphatic heterocycles. The largest absolute Gasteiger partial charge is 0.352 e. The smallest absolute Gasteiger partial charge is 0.265 e. The maximum atomic E-state index is 12.3. The van der Waals surface area contributed by atoms with Gasteiger partial charge in [0.05, 0.1) is 5.69 Å². The summed E-state index contributed by atoms with van der Waals surface area (Å²) in [5.74, 6) is 0. The molecule has 110 valence electrons. The number of thiazole rings is 1. The summed E-state index contributed by atoms with van der Waals surface area (Å²) in [6.45, 7) is 5.31. The lowest BCUT2D eigenvalue weighted by Gasteiger charge is -2.02. The number of hydrogen-bond donors (Lipinski definition) is 2. The van der Waals surface area contributed by atoms with Crippen LogP contribution in [0.4, 0.5) is 5.13 Å². The molecular weight excluding hydrogens is 296 g/mol. The standard InChI is InChI=1S/C12H18N4O2S2/c1-4-13-6-10-5-11(7-16(10)3)20(17,18)15-12-14-9(2)8-19-12/h5,7-8,13H,4,6H2,1-3H3,(H,14,15). The molecule has 2 N–H and O–H groups in total. The van der Waals surface area contributed by atoms with E-state index in [1.54, 1.807) is 17.6 Å². The van der Waals surface area contributed by atoms with Crippen LogP contribution in [0.5, 0.6) is 0 Å². The van der Waals surface area contributed by atoms with Gasteiger partial charge in [-0.25, -0.2) is 13.4 Å². The summed E-state index contributed by atoms with van der Waals surface area (Å²) < 4.78 is 28.9. The highest BCUT2D eigenvalue weighted by molar-refractivity contribution is 7.93. The monoisotopic (exact) mass is 314 g/mol. The molecule has 0 saturated carbocycles. The molecule has 8 heteroatoms. The van der Waals surface area contributed by atoms with Gasteiger partial charge in [0.2, 0.25) is 0 Å². The van der Waals surface area contributed by atoms with Crippen LogP contribution in [0.3, 0.4) is 0 Å². The molecule has 0 aliphatic rings. The number of aryl methyl sites for hydroxylation is 2. The van der Waals surface area contributed by atoms with Crippen LogP contribution in [-0.4, -0.2) is 24.5 Å². The number of hydrogen-bond acceptors (Lipinski definition) is 5. The van der Waals surface area contributed by atoms with Gasteiger partial charge in [0, 0.05) is 30.9 Å². The third-order valence-corrected chi connectivity index (χ3v) is 5.10.